The maximum atomic E-state index is 12.6. The number of aliphatic hydroxyl groups is 1. The lowest BCUT2D eigenvalue weighted by atomic mass is 9.78. The molecule has 0 atom stereocenters. The monoisotopic (exact) mass is 335 g/mol. The molecule has 1 saturated heterocycles. The van der Waals surface area contributed by atoms with Crippen LogP contribution in [0.15, 0.2) is 18.2 Å². The van der Waals surface area contributed by atoms with Gasteiger partial charge in [-0.25, -0.2) is 0 Å². The van der Waals surface area contributed by atoms with E-state index in [1.54, 1.807) is 19.2 Å². The van der Waals surface area contributed by atoms with Crippen LogP contribution in [-0.2, 0) is 9.31 Å². The van der Waals surface area contributed by atoms with Gasteiger partial charge in [0.1, 0.15) is 5.75 Å². The maximum absolute atomic E-state index is 12.6. The summed E-state index contributed by atoms with van der Waals surface area (Å²) >= 11 is 0. The molecule has 132 valence electrons. The van der Waals surface area contributed by atoms with Crippen molar-refractivity contribution in [1.82, 2.24) is 4.90 Å². The van der Waals surface area contributed by atoms with Crippen LogP contribution in [-0.4, -0.2) is 61.5 Å². The van der Waals surface area contributed by atoms with Crippen LogP contribution in [0.1, 0.15) is 38.1 Å². The molecule has 6 nitrogen and oxygen atoms in total. The summed E-state index contributed by atoms with van der Waals surface area (Å²) in [4.78, 5) is 14.0. The van der Waals surface area contributed by atoms with E-state index in [4.69, 9.17) is 19.2 Å². The van der Waals surface area contributed by atoms with Crippen molar-refractivity contribution in [1.29, 1.82) is 0 Å². The molecule has 24 heavy (non-hydrogen) atoms. The number of hydrogen-bond acceptors (Lipinski definition) is 5. The van der Waals surface area contributed by atoms with Crippen molar-refractivity contribution in [2.75, 3.05) is 27.3 Å². The normalized spacial score (nSPS) is 18.5. The first-order valence-corrected chi connectivity index (χ1v) is 8.03. The molecule has 0 unspecified atom stereocenters. The number of hydrogen-bond donors (Lipinski definition) is 1. The highest BCUT2D eigenvalue weighted by molar-refractivity contribution is 6.62. The summed E-state index contributed by atoms with van der Waals surface area (Å²) in [5.41, 5.74) is 0.279. The van der Waals surface area contributed by atoms with Gasteiger partial charge in [0.25, 0.3) is 5.91 Å². The summed E-state index contributed by atoms with van der Waals surface area (Å²) in [6, 6.07) is 5.31. The van der Waals surface area contributed by atoms with Crippen molar-refractivity contribution >= 4 is 18.5 Å². The van der Waals surface area contributed by atoms with E-state index in [1.165, 1.54) is 12.0 Å². The highest BCUT2D eigenvalue weighted by Gasteiger charge is 2.51. The van der Waals surface area contributed by atoms with Gasteiger partial charge in [0.05, 0.1) is 30.5 Å². The zero-order valence-electron chi connectivity index (χ0n) is 15.3. The molecule has 0 radical (unpaired) electrons. The zero-order chi connectivity index (χ0) is 18.1. The minimum Gasteiger partial charge on any atom is -0.496 e. The highest BCUT2D eigenvalue weighted by Crippen LogP contribution is 2.36. The van der Waals surface area contributed by atoms with Crippen LogP contribution >= 0.6 is 0 Å². The lowest BCUT2D eigenvalue weighted by Crippen LogP contribution is -2.41. The Morgan fingerprint density at radius 1 is 1.25 bits per heavy atom. The molecule has 1 heterocycles. The Hall–Kier alpha value is -1.57. The number of amides is 1. The Labute approximate surface area is 143 Å². The van der Waals surface area contributed by atoms with E-state index in [0.717, 1.165) is 5.46 Å². The van der Waals surface area contributed by atoms with Gasteiger partial charge in [-0.1, -0.05) is 6.07 Å². The lowest BCUT2D eigenvalue weighted by Gasteiger charge is -2.32. The first kappa shape index (κ1) is 18.8. The fourth-order valence-corrected chi connectivity index (χ4v) is 2.48. The molecule has 1 aromatic rings. The molecule has 1 aromatic carbocycles. The number of likely N-dealkylation sites (N-methyl/N-ethyl adjacent to an activating group) is 1. The third kappa shape index (κ3) is 3.43. The fraction of sp³-hybridized carbons (Fsp3) is 0.588. The van der Waals surface area contributed by atoms with Gasteiger partial charge in [-0.05, 0) is 45.3 Å². The van der Waals surface area contributed by atoms with E-state index in [-0.39, 0.29) is 19.1 Å². The molecule has 1 aliphatic rings. The van der Waals surface area contributed by atoms with Crippen molar-refractivity contribution in [3.8, 4) is 5.75 Å². The molecule has 0 aromatic heterocycles. The topological polar surface area (TPSA) is 68.2 Å². The van der Waals surface area contributed by atoms with Crippen LogP contribution in [0.4, 0.5) is 0 Å². The number of carbonyl (C=O) groups is 1. The highest BCUT2D eigenvalue weighted by atomic mass is 16.7. The predicted octanol–water partition coefficient (Wildman–Crippen LogP) is 1.06. The van der Waals surface area contributed by atoms with E-state index < -0.39 is 18.3 Å². The first-order valence-electron chi connectivity index (χ1n) is 8.03. The molecule has 1 fully saturated rings. The molecule has 0 bridgehead atoms. The standard InChI is InChI=1S/C17H26BNO5/c1-16(2)17(3,4)24-18(23-16)12-7-8-14(22-6)13(11-12)15(21)19(5)9-10-20/h7-8,11,20H,9-10H2,1-6H3. The summed E-state index contributed by atoms with van der Waals surface area (Å²) in [5.74, 6) is 0.254. The molecule has 1 N–H and O–H groups in total. The Balaban J connectivity index is 2.34. The van der Waals surface area contributed by atoms with Gasteiger partial charge in [0.15, 0.2) is 0 Å². The van der Waals surface area contributed by atoms with Crippen LogP contribution in [0.5, 0.6) is 5.75 Å². The predicted molar refractivity (Wildman–Crippen MR) is 92.8 cm³/mol. The summed E-state index contributed by atoms with van der Waals surface area (Å²) in [6.07, 6.45) is 0. The zero-order valence-corrected chi connectivity index (χ0v) is 15.3. The molecule has 1 aliphatic heterocycles. The second-order valence-corrected chi connectivity index (χ2v) is 7.00. The Morgan fingerprint density at radius 3 is 2.33 bits per heavy atom. The number of ether oxygens (including phenoxy) is 1. The van der Waals surface area contributed by atoms with Gasteiger partial charge in [0, 0.05) is 13.6 Å². The number of carbonyl (C=O) groups excluding carboxylic acids is 1. The second-order valence-electron chi connectivity index (χ2n) is 7.00. The smallest absolute Gasteiger partial charge is 0.494 e. The lowest BCUT2D eigenvalue weighted by molar-refractivity contribution is 0.00578. The van der Waals surface area contributed by atoms with Crippen molar-refractivity contribution < 1.29 is 23.9 Å². The van der Waals surface area contributed by atoms with Crippen LogP contribution in [0.3, 0.4) is 0 Å². The Kier molecular flexibility index (Phi) is 5.27. The van der Waals surface area contributed by atoms with Gasteiger partial charge in [-0.15, -0.1) is 0 Å². The second kappa shape index (κ2) is 6.74. The fourth-order valence-electron chi connectivity index (χ4n) is 2.48. The van der Waals surface area contributed by atoms with Crippen LogP contribution in [0, 0.1) is 0 Å². The van der Waals surface area contributed by atoms with Crippen LogP contribution < -0.4 is 10.2 Å². The van der Waals surface area contributed by atoms with Gasteiger partial charge in [0.2, 0.25) is 0 Å². The summed E-state index contributed by atoms with van der Waals surface area (Å²) in [7, 11) is 2.61. The maximum Gasteiger partial charge on any atom is 0.494 e. The third-order valence-electron chi connectivity index (χ3n) is 4.76. The van der Waals surface area contributed by atoms with Gasteiger partial charge in [-0.2, -0.15) is 0 Å². The van der Waals surface area contributed by atoms with Crippen molar-refractivity contribution in [3.05, 3.63) is 23.8 Å². The SMILES string of the molecule is COc1ccc(B2OC(C)(C)C(C)(C)O2)cc1C(=O)N(C)CCO. The van der Waals surface area contributed by atoms with Crippen molar-refractivity contribution in [2.45, 2.75) is 38.9 Å². The number of benzene rings is 1. The third-order valence-corrected chi connectivity index (χ3v) is 4.76. The van der Waals surface area contributed by atoms with E-state index in [9.17, 15) is 4.79 Å². The van der Waals surface area contributed by atoms with Crippen molar-refractivity contribution in [2.24, 2.45) is 0 Å². The quantitative estimate of drug-likeness (QED) is 0.815. The minimum absolute atomic E-state index is 0.0958. The summed E-state index contributed by atoms with van der Waals surface area (Å²) in [6.45, 7) is 8.09. The molecule has 7 heteroatoms. The van der Waals surface area contributed by atoms with Gasteiger partial charge < -0.3 is 24.1 Å². The van der Waals surface area contributed by atoms with E-state index in [0.29, 0.717) is 11.3 Å². The largest absolute Gasteiger partial charge is 0.496 e. The molecule has 2 rings (SSSR count). The van der Waals surface area contributed by atoms with Gasteiger partial charge in [-0.3, -0.25) is 4.79 Å². The number of methoxy groups -OCH3 is 1. The number of nitrogens with zero attached hydrogens (tertiary/aromatic N) is 1. The molecule has 0 spiro atoms. The molecular weight excluding hydrogens is 309 g/mol. The average Bonchev–Trinajstić information content (AvgIpc) is 2.74. The molecule has 0 aliphatic carbocycles. The number of aliphatic hydroxyl groups excluding tert-OH is 1. The number of rotatable bonds is 5. The Morgan fingerprint density at radius 2 is 1.83 bits per heavy atom. The van der Waals surface area contributed by atoms with E-state index >= 15 is 0 Å². The molecule has 1 amide bonds. The minimum atomic E-state index is -0.546. The van der Waals surface area contributed by atoms with Crippen LogP contribution in [0.2, 0.25) is 0 Å². The Bertz CT molecular complexity index is 601. The van der Waals surface area contributed by atoms with Crippen molar-refractivity contribution in [3.63, 3.8) is 0 Å². The molecule has 0 saturated carbocycles. The van der Waals surface area contributed by atoms with Crippen LogP contribution in [0.25, 0.3) is 0 Å². The first-order chi connectivity index (χ1) is 11.1. The summed E-state index contributed by atoms with van der Waals surface area (Å²) in [5, 5.41) is 9.04. The molecular formula is C17H26BNO5. The van der Waals surface area contributed by atoms with E-state index in [2.05, 4.69) is 0 Å². The van der Waals surface area contributed by atoms with Gasteiger partial charge >= 0.3 is 7.12 Å². The summed E-state index contributed by atoms with van der Waals surface area (Å²) < 4.78 is 17.4. The van der Waals surface area contributed by atoms with E-state index in [1.807, 2.05) is 33.8 Å². The average molecular weight is 335 g/mol.